The van der Waals surface area contributed by atoms with Crippen LogP contribution in [0.3, 0.4) is 0 Å². The van der Waals surface area contributed by atoms with Crippen LogP contribution in [0.1, 0.15) is 64.2 Å². The van der Waals surface area contributed by atoms with E-state index in [1.54, 1.807) is 0 Å². The standard InChI is InChI=1S/C16H13.C10H15.2ClH.Zr/c1-12-15-10-6-5-9-14(15)11-16(12)13-7-3-2-4-8-13;1-7-6-10(4,5)9(3)8(7)2;;;/h2-10,12H,1H3;1-5H3;2*1H;/q2*-1;;;+4/p-2. The first-order chi connectivity index (χ1) is 12.3. The van der Waals surface area contributed by atoms with E-state index in [1.165, 1.54) is 39.0 Å². The number of fused-ring (bicyclic) bond motifs is 1. The van der Waals surface area contributed by atoms with Crippen LogP contribution in [0.15, 0.2) is 71.3 Å². The minimum Gasteiger partial charge on any atom is -1.00 e. The van der Waals surface area contributed by atoms with E-state index in [-0.39, 0.29) is 56.4 Å². The molecule has 1 unspecified atom stereocenters. The predicted octanol–water partition coefficient (Wildman–Crippen LogP) is 1.16. The molecule has 0 bridgehead atoms. The number of allylic oxidation sites excluding steroid dienone is 5. The van der Waals surface area contributed by atoms with E-state index >= 15 is 0 Å². The number of halogens is 2. The van der Waals surface area contributed by atoms with Gasteiger partial charge in [-0.1, -0.05) is 82.0 Å². The maximum absolute atomic E-state index is 3.52. The second-order valence-corrected chi connectivity index (χ2v) is 7.84. The minimum absolute atomic E-state index is 0. The second kappa shape index (κ2) is 11.5. The van der Waals surface area contributed by atoms with Crippen molar-refractivity contribution < 1.29 is 51.0 Å². The van der Waals surface area contributed by atoms with Crippen molar-refractivity contribution in [2.75, 3.05) is 0 Å². The van der Waals surface area contributed by atoms with Crippen LogP contribution < -0.4 is 24.8 Å². The molecule has 150 valence electrons. The molecule has 2 aliphatic rings. The first-order valence-corrected chi connectivity index (χ1v) is 9.39. The van der Waals surface area contributed by atoms with Crippen LogP contribution in [0.25, 0.3) is 5.57 Å². The summed E-state index contributed by atoms with van der Waals surface area (Å²) in [6.07, 6.45) is 6.95. The molecule has 2 aromatic rings. The fraction of sp³-hybridized carbons (Fsp3) is 0.308. The van der Waals surface area contributed by atoms with Gasteiger partial charge in [-0.25, -0.2) is 5.57 Å². The molecular formula is C26H28Cl2Zr. The molecule has 0 aromatic heterocycles. The molecule has 29 heavy (non-hydrogen) atoms. The summed E-state index contributed by atoms with van der Waals surface area (Å²) in [6.45, 7) is 13.2. The fourth-order valence-corrected chi connectivity index (χ4v) is 3.74. The molecule has 2 aliphatic carbocycles. The minimum atomic E-state index is 0. The van der Waals surface area contributed by atoms with E-state index in [4.69, 9.17) is 0 Å². The molecule has 0 nitrogen and oxygen atoms in total. The molecule has 1 atom stereocenters. The van der Waals surface area contributed by atoms with Crippen LogP contribution in [-0.4, -0.2) is 0 Å². The van der Waals surface area contributed by atoms with Crippen LogP contribution in [0.4, 0.5) is 0 Å². The van der Waals surface area contributed by atoms with Gasteiger partial charge in [0.1, 0.15) is 0 Å². The molecule has 2 aromatic carbocycles. The maximum Gasteiger partial charge on any atom is 4.00 e. The summed E-state index contributed by atoms with van der Waals surface area (Å²) in [7, 11) is 0. The van der Waals surface area contributed by atoms with Crippen molar-refractivity contribution in [2.24, 2.45) is 5.41 Å². The number of rotatable bonds is 1. The Balaban J connectivity index is 0.000000535. The molecule has 4 rings (SSSR count). The maximum atomic E-state index is 3.52. The Kier molecular flexibility index (Phi) is 11.1. The Morgan fingerprint density at radius 3 is 1.83 bits per heavy atom. The molecule has 0 N–H and O–H groups in total. The molecule has 3 heteroatoms. The van der Waals surface area contributed by atoms with Crippen molar-refractivity contribution in [3.05, 3.63) is 100 Å². The Morgan fingerprint density at radius 1 is 0.828 bits per heavy atom. The third-order valence-electron chi connectivity index (χ3n) is 5.78. The smallest absolute Gasteiger partial charge is 1.00 e. The van der Waals surface area contributed by atoms with E-state index in [1.807, 2.05) is 0 Å². The van der Waals surface area contributed by atoms with Crippen LogP contribution in [0.2, 0.25) is 0 Å². The third-order valence-corrected chi connectivity index (χ3v) is 5.78. The third kappa shape index (κ3) is 6.07. The number of hydrogen-bond acceptors (Lipinski definition) is 0. The number of benzene rings is 2. The predicted molar refractivity (Wildman–Crippen MR) is 112 cm³/mol. The molecule has 0 saturated carbocycles. The first-order valence-electron chi connectivity index (χ1n) is 9.39. The topological polar surface area (TPSA) is 0 Å². The molecule has 0 amide bonds. The van der Waals surface area contributed by atoms with Gasteiger partial charge in [0.15, 0.2) is 0 Å². The fourth-order valence-electron chi connectivity index (χ4n) is 3.74. The van der Waals surface area contributed by atoms with E-state index in [2.05, 4.69) is 108 Å². The van der Waals surface area contributed by atoms with Crippen molar-refractivity contribution in [1.29, 1.82) is 0 Å². The molecule has 0 spiro atoms. The van der Waals surface area contributed by atoms with E-state index in [9.17, 15) is 0 Å². The van der Waals surface area contributed by atoms with Gasteiger partial charge in [0.25, 0.3) is 0 Å². The summed E-state index contributed by atoms with van der Waals surface area (Å²) in [5, 5.41) is 0. The van der Waals surface area contributed by atoms with Gasteiger partial charge in [0.05, 0.1) is 0 Å². The quantitative estimate of drug-likeness (QED) is 0.514. The zero-order chi connectivity index (χ0) is 18.9. The molecule has 0 saturated heterocycles. The first kappa shape index (κ1) is 28.1. The normalized spacial score (nSPS) is 18.1. The zero-order valence-corrected chi connectivity index (χ0v) is 22.0. The molecule has 0 aliphatic heterocycles. The van der Waals surface area contributed by atoms with Crippen molar-refractivity contribution in [3.8, 4) is 0 Å². The Bertz CT molecular complexity index is 905. The van der Waals surface area contributed by atoms with Crippen molar-refractivity contribution in [2.45, 2.75) is 47.5 Å². The van der Waals surface area contributed by atoms with Crippen LogP contribution in [-0.2, 0) is 26.2 Å². The number of hydrogen-bond donors (Lipinski definition) is 0. The summed E-state index contributed by atoms with van der Waals surface area (Å²) in [5.74, 6) is 0.457. The Labute approximate surface area is 208 Å². The Morgan fingerprint density at radius 2 is 1.38 bits per heavy atom. The van der Waals surface area contributed by atoms with Crippen LogP contribution >= 0.6 is 0 Å². The summed E-state index contributed by atoms with van der Waals surface area (Å²) in [5.41, 5.74) is 9.62. The van der Waals surface area contributed by atoms with E-state index in [0.29, 0.717) is 5.92 Å². The van der Waals surface area contributed by atoms with Crippen molar-refractivity contribution in [3.63, 3.8) is 0 Å². The van der Waals surface area contributed by atoms with Gasteiger partial charge >= 0.3 is 26.2 Å². The summed E-state index contributed by atoms with van der Waals surface area (Å²) in [4.78, 5) is 0. The van der Waals surface area contributed by atoms with Gasteiger partial charge in [0, 0.05) is 0 Å². The van der Waals surface area contributed by atoms with Crippen LogP contribution in [0, 0.1) is 17.6 Å². The van der Waals surface area contributed by atoms with Gasteiger partial charge < -0.3 is 24.8 Å². The molecule has 0 fully saturated rings. The van der Waals surface area contributed by atoms with Crippen LogP contribution in [0.5, 0.6) is 0 Å². The van der Waals surface area contributed by atoms with Gasteiger partial charge in [-0.3, -0.25) is 6.08 Å². The Hall–Kier alpha value is -0.877. The van der Waals surface area contributed by atoms with Crippen molar-refractivity contribution in [1.82, 2.24) is 0 Å². The summed E-state index contributed by atoms with van der Waals surface area (Å²) >= 11 is 0. The van der Waals surface area contributed by atoms with Gasteiger partial charge in [-0.15, -0.1) is 47.9 Å². The van der Waals surface area contributed by atoms with E-state index in [0.717, 1.165) is 0 Å². The average Bonchev–Trinajstić information content (AvgIpc) is 3.06. The van der Waals surface area contributed by atoms with E-state index < -0.39 is 0 Å². The molecule has 0 heterocycles. The monoisotopic (exact) mass is 500 g/mol. The van der Waals surface area contributed by atoms with Gasteiger partial charge in [-0.05, 0) is 5.92 Å². The van der Waals surface area contributed by atoms with Gasteiger partial charge in [-0.2, -0.15) is 11.1 Å². The summed E-state index contributed by atoms with van der Waals surface area (Å²) in [6, 6.07) is 19.0. The zero-order valence-electron chi connectivity index (χ0n) is 18.0. The second-order valence-electron chi connectivity index (χ2n) is 7.84. The molecular weight excluding hydrogens is 474 g/mol. The van der Waals surface area contributed by atoms with Crippen molar-refractivity contribution >= 4 is 5.57 Å². The SMILES string of the molecule is CC1=[C-]C(C)(C)C(C)=C1C.CC1C(c2ccccc2)=[C-]c2ccccc21.[Cl-].[Cl-].[Zr+4]. The molecule has 0 radical (unpaired) electrons. The largest absolute Gasteiger partial charge is 4.00 e. The average molecular weight is 503 g/mol. The van der Waals surface area contributed by atoms with Gasteiger partial charge in [0.2, 0.25) is 0 Å². The summed E-state index contributed by atoms with van der Waals surface area (Å²) < 4.78 is 0.